The molecule has 0 saturated heterocycles. The molecule has 0 saturated carbocycles. The molecule has 41 heavy (non-hydrogen) atoms. The summed E-state index contributed by atoms with van der Waals surface area (Å²) in [5, 5.41) is 1.30. The molecule has 0 bridgehead atoms. The molecule has 3 aromatic rings. The van der Waals surface area contributed by atoms with Gasteiger partial charge in [0.2, 0.25) is 5.91 Å². The predicted octanol–water partition coefficient (Wildman–Crippen LogP) is 7.99. The highest BCUT2D eigenvalue weighted by Gasteiger charge is 2.41. The average Bonchev–Trinajstić information content (AvgIpc) is 2.97. The van der Waals surface area contributed by atoms with Crippen LogP contribution < -0.4 is 0 Å². The molecule has 0 spiro atoms. The Morgan fingerprint density at radius 1 is 0.854 bits per heavy atom. The molecule has 0 unspecified atom stereocenters. The highest BCUT2D eigenvalue weighted by molar-refractivity contribution is 6.74. The van der Waals surface area contributed by atoms with Crippen molar-refractivity contribution in [2.24, 2.45) is 5.92 Å². The van der Waals surface area contributed by atoms with Crippen LogP contribution >= 0.6 is 0 Å². The zero-order valence-electron chi connectivity index (χ0n) is 26.0. The van der Waals surface area contributed by atoms with Gasteiger partial charge in [0.25, 0.3) is 0 Å². The standard InChI is InChI=1S/C35H47NO4Si/c1-28(32(27-33(37)36(5)38-6)40-41(7,8)34(2,3)4)19-18-26-39-35(29-20-12-9-13-21-29,30-22-14-10-15-23-30)31-24-16-11-17-25-31/h9-25,28,32H,26-27H2,1-8H3/t28-,32+/m1/s1. The number of carbonyl (C=O) groups is 1. The first-order valence-electron chi connectivity index (χ1n) is 14.4. The Bertz CT molecular complexity index is 1140. The van der Waals surface area contributed by atoms with Crippen molar-refractivity contribution in [1.29, 1.82) is 0 Å². The van der Waals surface area contributed by atoms with Gasteiger partial charge in [-0.05, 0) is 40.7 Å². The maximum absolute atomic E-state index is 12.8. The van der Waals surface area contributed by atoms with E-state index in [9.17, 15) is 4.79 Å². The summed E-state index contributed by atoms with van der Waals surface area (Å²) < 4.78 is 13.7. The Morgan fingerprint density at radius 2 is 1.29 bits per heavy atom. The van der Waals surface area contributed by atoms with E-state index in [0.29, 0.717) is 6.61 Å². The average molecular weight is 574 g/mol. The zero-order valence-corrected chi connectivity index (χ0v) is 27.0. The summed E-state index contributed by atoms with van der Waals surface area (Å²) in [6.07, 6.45) is 4.13. The number of rotatable bonds is 13. The summed E-state index contributed by atoms with van der Waals surface area (Å²) in [7, 11) is 1.01. The number of hydrogen-bond donors (Lipinski definition) is 0. The fourth-order valence-corrected chi connectivity index (χ4v) is 6.04. The van der Waals surface area contributed by atoms with Gasteiger partial charge in [0.15, 0.2) is 8.32 Å². The fourth-order valence-electron chi connectivity index (χ4n) is 4.63. The van der Waals surface area contributed by atoms with Gasteiger partial charge in [-0.25, -0.2) is 5.06 Å². The van der Waals surface area contributed by atoms with E-state index < -0.39 is 13.9 Å². The third kappa shape index (κ3) is 8.04. The lowest BCUT2D eigenvalue weighted by atomic mass is 9.80. The molecule has 1 amide bonds. The largest absolute Gasteiger partial charge is 0.413 e. The summed E-state index contributed by atoms with van der Waals surface area (Å²) in [5.74, 6) is -0.120. The number of carbonyl (C=O) groups excluding carboxylic acids is 1. The molecule has 5 nitrogen and oxygen atoms in total. The third-order valence-corrected chi connectivity index (χ3v) is 12.7. The summed E-state index contributed by atoms with van der Waals surface area (Å²) in [5.41, 5.74) is 2.40. The Hall–Kier alpha value is -3.03. The lowest BCUT2D eigenvalue weighted by Gasteiger charge is -2.40. The van der Waals surface area contributed by atoms with E-state index in [1.54, 1.807) is 7.05 Å². The smallest absolute Gasteiger partial charge is 0.248 e. The fraction of sp³-hybridized carbons (Fsp3) is 0.400. The summed E-state index contributed by atoms with van der Waals surface area (Å²) in [4.78, 5) is 18.0. The summed E-state index contributed by atoms with van der Waals surface area (Å²) in [6, 6.07) is 31.1. The van der Waals surface area contributed by atoms with Gasteiger partial charge in [-0.15, -0.1) is 0 Å². The third-order valence-electron chi connectivity index (χ3n) is 8.22. The Labute approximate surface area is 248 Å². The number of hydroxylamine groups is 2. The number of amides is 1. The van der Waals surface area contributed by atoms with Crippen molar-refractivity contribution in [3.63, 3.8) is 0 Å². The van der Waals surface area contributed by atoms with Crippen LogP contribution in [0.15, 0.2) is 103 Å². The molecule has 2 atom stereocenters. The highest BCUT2D eigenvalue weighted by atomic mass is 28.4. The zero-order chi connectivity index (χ0) is 30.1. The van der Waals surface area contributed by atoms with Gasteiger partial charge in [0.05, 0.1) is 26.2 Å². The van der Waals surface area contributed by atoms with Crippen molar-refractivity contribution in [2.75, 3.05) is 20.8 Å². The molecular formula is C35H47NO4Si. The monoisotopic (exact) mass is 573 g/mol. The van der Waals surface area contributed by atoms with Crippen LogP contribution in [-0.2, 0) is 24.4 Å². The van der Waals surface area contributed by atoms with Crippen molar-refractivity contribution in [2.45, 2.75) is 64.0 Å². The first kappa shape index (κ1) is 32.5. The minimum Gasteiger partial charge on any atom is -0.413 e. The number of hydrogen-bond acceptors (Lipinski definition) is 4. The molecule has 0 aliphatic rings. The molecule has 3 rings (SSSR count). The minimum absolute atomic E-state index is 0.0125. The maximum Gasteiger partial charge on any atom is 0.248 e. The molecule has 6 heteroatoms. The van der Waals surface area contributed by atoms with Gasteiger partial charge in [0.1, 0.15) is 5.60 Å². The Kier molecular flexibility index (Phi) is 11.3. The van der Waals surface area contributed by atoms with Gasteiger partial charge < -0.3 is 9.16 Å². The topological polar surface area (TPSA) is 48.0 Å². The van der Waals surface area contributed by atoms with Crippen LogP contribution in [0, 0.1) is 5.92 Å². The van der Waals surface area contributed by atoms with E-state index in [0.717, 1.165) is 16.7 Å². The molecule has 0 aromatic heterocycles. The minimum atomic E-state index is -2.13. The van der Waals surface area contributed by atoms with Crippen molar-refractivity contribution in [3.05, 3.63) is 120 Å². The van der Waals surface area contributed by atoms with Crippen LogP contribution in [0.1, 0.15) is 50.8 Å². The molecule has 220 valence electrons. The second-order valence-corrected chi connectivity index (χ2v) is 16.8. The molecule has 0 N–H and O–H groups in total. The lowest BCUT2D eigenvalue weighted by molar-refractivity contribution is -0.170. The van der Waals surface area contributed by atoms with Gasteiger partial charge in [-0.1, -0.05) is 131 Å². The molecule has 0 aliphatic heterocycles. The van der Waals surface area contributed by atoms with E-state index in [2.05, 4.69) is 89.3 Å². The first-order valence-corrected chi connectivity index (χ1v) is 17.3. The van der Waals surface area contributed by atoms with Gasteiger partial charge in [-0.3, -0.25) is 9.63 Å². The quantitative estimate of drug-likeness (QED) is 0.0900. The van der Waals surface area contributed by atoms with Gasteiger partial charge in [0, 0.05) is 7.05 Å². The Morgan fingerprint density at radius 3 is 1.68 bits per heavy atom. The van der Waals surface area contributed by atoms with Crippen LogP contribution in [-0.4, -0.2) is 46.2 Å². The second kappa shape index (κ2) is 14.2. The number of ether oxygens (including phenoxy) is 1. The van der Waals surface area contributed by atoms with E-state index in [1.165, 1.54) is 12.2 Å². The van der Waals surface area contributed by atoms with Crippen LogP contribution in [0.2, 0.25) is 18.1 Å². The molecule has 0 heterocycles. The van der Waals surface area contributed by atoms with E-state index in [4.69, 9.17) is 14.0 Å². The van der Waals surface area contributed by atoms with E-state index in [-0.39, 0.29) is 29.4 Å². The summed E-state index contributed by atoms with van der Waals surface area (Å²) in [6.45, 7) is 13.6. The molecular weight excluding hydrogens is 526 g/mol. The van der Waals surface area contributed by atoms with E-state index >= 15 is 0 Å². The van der Waals surface area contributed by atoms with Crippen LogP contribution in [0.3, 0.4) is 0 Å². The Balaban J connectivity index is 1.92. The SMILES string of the molecule is CON(C)C(=O)C[C@H](O[Si](C)(C)C(C)(C)C)[C@H](C)C=CCOC(c1ccccc1)(c1ccccc1)c1ccccc1. The molecule has 3 aromatic carbocycles. The second-order valence-electron chi connectivity index (χ2n) is 12.1. The van der Waals surface area contributed by atoms with Crippen LogP contribution in [0.5, 0.6) is 0 Å². The van der Waals surface area contributed by atoms with Crippen LogP contribution in [0.4, 0.5) is 0 Å². The van der Waals surface area contributed by atoms with Crippen molar-refractivity contribution in [1.82, 2.24) is 5.06 Å². The first-order chi connectivity index (χ1) is 19.4. The van der Waals surface area contributed by atoms with Gasteiger partial charge in [-0.2, -0.15) is 0 Å². The number of nitrogens with zero attached hydrogens (tertiary/aromatic N) is 1. The molecule has 0 radical (unpaired) electrons. The lowest BCUT2D eigenvalue weighted by Crippen LogP contribution is -2.46. The molecule has 0 fully saturated rings. The van der Waals surface area contributed by atoms with Gasteiger partial charge >= 0.3 is 0 Å². The number of benzene rings is 3. The molecule has 0 aliphatic carbocycles. The maximum atomic E-state index is 12.8. The normalized spacial score (nSPS) is 14.1. The predicted molar refractivity (Wildman–Crippen MR) is 170 cm³/mol. The highest BCUT2D eigenvalue weighted by Crippen LogP contribution is 2.41. The van der Waals surface area contributed by atoms with Crippen LogP contribution in [0.25, 0.3) is 0 Å². The van der Waals surface area contributed by atoms with Crippen molar-refractivity contribution in [3.8, 4) is 0 Å². The van der Waals surface area contributed by atoms with Crippen molar-refractivity contribution >= 4 is 14.2 Å². The van der Waals surface area contributed by atoms with E-state index in [1.807, 2.05) is 54.6 Å². The van der Waals surface area contributed by atoms with Crippen molar-refractivity contribution < 1.29 is 18.8 Å². The summed E-state index contributed by atoms with van der Waals surface area (Å²) >= 11 is 0.